The van der Waals surface area contributed by atoms with E-state index >= 15 is 0 Å². The summed E-state index contributed by atoms with van der Waals surface area (Å²) in [6, 6.07) is 13.9. The summed E-state index contributed by atoms with van der Waals surface area (Å²) in [6.07, 6.45) is 1.80. The van der Waals surface area contributed by atoms with Crippen LogP contribution in [0.25, 0.3) is 11.0 Å². The van der Waals surface area contributed by atoms with Crippen molar-refractivity contribution in [3.05, 3.63) is 60.1 Å². The van der Waals surface area contributed by atoms with Gasteiger partial charge >= 0.3 is 0 Å². The lowest BCUT2D eigenvalue weighted by molar-refractivity contribution is 0.399. The molecule has 3 rings (SSSR count). The first-order valence-corrected chi connectivity index (χ1v) is 6.97. The minimum atomic E-state index is 0.101. The predicted octanol–water partition coefficient (Wildman–Crippen LogP) is 3.69. The van der Waals surface area contributed by atoms with E-state index in [2.05, 4.69) is 17.2 Å². The Labute approximate surface area is 123 Å². The molecular weight excluding hydrogens is 264 g/mol. The van der Waals surface area contributed by atoms with Gasteiger partial charge in [-0.05, 0) is 31.2 Å². The highest BCUT2D eigenvalue weighted by molar-refractivity contribution is 5.83. The van der Waals surface area contributed by atoms with Gasteiger partial charge in [0.25, 0.3) is 0 Å². The standard InChI is InChI=1S/C17H18N2O2/c1-12(19-11-14-7-3-4-9-18-14)16-10-13-6-5-8-15(20-2)17(13)21-16/h3-10,12,19H,11H2,1-2H3. The van der Waals surface area contributed by atoms with Crippen LogP contribution in [0.4, 0.5) is 0 Å². The number of hydrogen-bond acceptors (Lipinski definition) is 4. The maximum absolute atomic E-state index is 5.93. The van der Waals surface area contributed by atoms with E-state index in [0.29, 0.717) is 6.54 Å². The number of nitrogens with one attached hydrogen (secondary N) is 1. The van der Waals surface area contributed by atoms with Crippen LogP contribution in [-0.4, -0.2) is 12.1 Å². The Kier molecular flexibility index (Phi) is 3.88. The second-order valence-corrected chi connectivity index (χ2v) is 4.95. The fourth-order valence-electron chi connectivity index (χ4n) is 2.29. The van der Waals surface area contributed by atoms with Gasteiger partial charge in [0, 0.05) is 18.1 Å². The number of ether oxygens (including phenoxy) is 1. The normalized spacial score (nSPS) is 12.5. The van der Waals surface area contributed by atoms with Crippen molar-refractivity contribution in [2.24, 2.45) is 0 Å². The summed E-state index contributed by atoms with van der Waals surface area (Å²) in [7, 11) is 1.65. The van der Waals surface area contributed by atoms with Gasteiger partial charge in [-0.1, -0.05) is 18.2 Å². The molecule has 1 aromatic carbocycles. The van der Waals surface area contributed by atoms with Gasteiger partial charge in [0.05, 0.1) is 18.8 Å². The number of para-hydroxylation sites is 1. The zero-order valence-corrected chi connectivity index (χ0v) is 12.2. The van der Waals surface area contributed by atoms with Crippen LogP contribution in [-0.2, 0) is 6.54 Å². The zero-order valence-electron chi connectivity index (χ0n) is 12.2. The van der Waals surface area contributed by atoms with Crippen molar-refractivity contribution < 1.29 is 9.15 Å². The molecule has 0 saturated heterocycles. The van der Waals surface area contributed by atoms with E-state index in [1.165, 1.54) is 0 Å². The topological polar surface area (TPSA) is 47.3 Å². The van der Waals surface area contributed by atoms with Gasteiger partial charge in [0.2, 0.25) is 0 Å². The molecule has 1 N–H and O–H groups in total. The van der Waals surface area contributed by atoms with Gasteiger partial charge in [-0.15, -0.1) is 0 Å². The summed E-state index contributed by atoms with van der Waals surface area (Å²) in [4.78, 5) is 4.30. The largest absolute Gasteiger partial charge is 0.493 e. The SMILES string of the molecule is COc1cccc2cc(C(C)NCc3ccccn3)oc12. The number of nitrogens with zero attached hydrogens (tertiary/aromatic N) is 1. The zero-order chi connectivity index (χ0) is 14.7. The Bertz CT molecular complexity index is 722. The predicted molar refractivity (Wildman–Crippen MR) is 82.3 cm³/mol. The smallest absolute Gasteiger partial charge is 0.176 e. The molecule has 0 spiro atoms. The molecule has 21 heavy (non-hydrogen) atoms. The second kappa shape index (κ2) is 5.97. The molecule has 2 aromatic heterocycles. The lowest BCUT2D eigenvalue weighted by Gasteiger charge is -2.10. The molecule has 0 saturated carbocycles. The number of rotatable bonds is 5. The number of furan rings is 1. The Morgan fingerprint density at radius 1 is 1.24 bits per heavy atom. The Balaban J connectivity index is 1.77. The van der Waals surface area contributed by atoms with E-state index in [-0.39, 0.29) is 6.04 Å². The fraction of sp³-hybridized carbons (Fsp3) is 0.235. The van der Waals surface area contributed by atoms with Crippen LogP contribution >= 0.6 is 0 Å². The highest BCUT2D eigenvalue weighted by atomic mass is 16.5. The van der Waals surface area contributed by atoms with Crippen molar-refractivity contribution in [2.45, 2.75) is 19.5 Å². The number of aromatic nitrogens is 1. The Hall–Kier alpha value is -2.33. The molecule has 108 valence electrons. The number of pyridine rings is 1. The second-order valence-electron chi connectivity index (χ2n) is 4.95. The van der Waals surface area contributed by atoms with Crippen molar-refractivity contribution in [1.29, 1.82) is 0 Å². The first-order chi connectivity index (χ1) is 10.3. The summed E-state index contributed by atoms with van der Waals surface area (Å²) in [5, 5.41) is 4.47. The van der Waals surface area contributed by atoms with Gasteiger partial charge < -0.3 is 14.5 Å². The average molecular weight is 282 g/mol. The lowest BCUT2D eigenvalue weighted by atomic mass is 10.2. The monoisotopic (exact) mass is 282 g/mol. The molecule has 0 bridgehead atoms. The third kappa shape index (κ3) is 2.90. The van der Waals surface area contributed by atoms with Crippen molar-refractivity contribution in [3.63, 3.8) is 0 Å². The summed E-state index contributed by atoms with van der Waals surface area (Å²) in [5.41, 5.74) is 1.81. The molecule has 0 aliphatic carbocycles. The maximum atomic E-state index is 5.93. The van der Waals surface area contributed by atoms with Crippen LogP contribution in [0.5, 0.6) is 5.75 Å². The first kappa shape index (κ1) is 13.6. The summed E-state index contributed by atoms with van der Waals surface area (Å²) in [5.74, 6) is 1.65. The van der Waals surface area contributed by atoms with Gasteiger partial charge in [-0.2, -0.15) is 0 Å². The van der Waals surface area contributed by atoms with Crippen LogP contribution in [0.2, 0.25) is 0 Å². The van der Waals surface area contributed by atoms with Gasteiger partial charge in [-0.25, -0.2) is 0 Å². The summed E-state index contributed by atoms with van der Waals surface area (Å²) >= 11 is 0. The van der Waals surface area contributed by atoms with Crippen LogP contribution in [0, 0.1) is 0 Å². The van der Waals surface area contributed by atoms with Crippen LogP contribution in [0.1, 0.15) is 24.4 Å². The molecular formula is C17H18N2O2. The van der Waals surface area contributed by atoms with Crippen LogP contribution < -0.4 is 10.1 Å². The molecule has 4 nitrogen and oxygen atoms in total. The van der Waals surface area contributed by atoms with Crippen LogP contribution in [0.3, 0.4) is 0 Å². The van der Waals surface area contributed by atoms with Crippen molar-refractivity contribution in [1.82, 2.24) is 10.3 Å². The summed E-state index contributed by atoms with van der Waals surface area (Å²) in [6.45, 7) is 2.78. The molecule has 0 radical (unpaired) electrons. The maximum Gasteiger partial charge on any atom is 0.176 e. The third-order valence-corrected chi connectivity index (χ3v) is 3.49. The van der Waals surface area contributed by atoms with E-state index in [1.807, 2.05) is 42.5 Å². The first-order valence-electron chi connectivity index (χ1n) is 6.97. The molecule has 1 unspecified atom stereocenters. The molecule has 1 atom stereocenters. The minimum absolute atomic E-state index is 0.101. The van der Waals surface area contributed by atoms with Crippen LogP contribution in [0.15, 0.2) is 53.1 Å². The third-order valence-electron chi connectivity index (χ3n) is 3.49. The number of methoxy groups -OCH3 is 1. The molecule has 3 aromatic rings. The van der Waals surface area contributed by atoms with Gasteiger partial charge in [-0.3, -0.25) is 4.98 Å². The van der Waals surface area contributed by atoms with Crippen molar-refractivity contribution in [3.8, 4) is 5.75 Å². The van der Waals surface area contributed by atoms with E-state index in [0.717, 1.165) is 28.2 Å². The highest BCUT2D eigenvalue weighted by Crippen LogP contribution is 2.30. The van der Waals surface area contributed by atoms with E-state index in [1.54, 1.807) is 13.3 Å². The number of fused-ring (bicyclic) bond motifs is 1. The molecule has 0 aliphatic rings. The molecule has 0 fully saturated rings. The number of hydrogen-bond donors (Lipinski definition) is 1. The van der Waals surface area contributed by atoms with Gasteiger partial charge in [0.1, 0.15) is 5.76 Å². The van der Waals surface area contributed by atoms with Crippen molar-refractivity contribution >= 4 is 11.0 Å². The van der Waals surface area contributed by atoms with E-state index in [9.17, 15) is 0 Å². The molecule has 2 heterocycles. The average Bonchev–Trinajstić information content (AvgIpc) is 2.97. The van der Waals surface area contributed by atoms with Crippen molar-refractivity contribution in [2.75, 3.05) is 7.11 Å². The Morgan fingerprint density at radius 3 is 2.90 bits per heavy atom. The highest BCUT2D eigenvalue weighted by Gasteiger charge is 2.13. The van der Waals surface area contributed by atoms with E-state index in [4.69, 9.17) is 9.15 Å². The lowest BCUT2D eigenvalue weighted by Crippen LogP contribution is -2.18. The molecule has 0 amide bonds. The summed E-state index contributed by atoms with van der Waals surface area (Å²) < 4.78 is 11.3. The number of benzene rings is 1. The van der Waals surface area contributed by atoms with Gasteiger partial charge in [0.15, 0.2) is 11.3 Å². The van der Waals surface area contributed by atoms with E-state index < -0.39 is 0 Å². The molecule has 4 heteroatoms. The molecule has 0 aliphatic heterocycles. The Morgan fingerprint density at radius 2 is 2.14 bits per heavy atom. The minimum Gasteiger partial charge on any atom is -0.493 e. The quantitative estimate of drug-likeness (QED) is 0.775. The fourth-order valence-corrected chi connectivity index (χ4v) is 2.29.